The lowest BCUT2D eigenvalue weighted by Crippen LogP contribution is -2.05. The highest BCUT2D eigenvalue weighted by molar-refractivity contribution is 9.11. The van der Waals surface area contributed by atoms with E-state index in [0.29, 0.717) is 14.5 Å². The molecule has 0 amide bonds. The number of rotatable bonds is 2. The van der Waals surface area contributed by atoms with Gasteiger partial charge in [0.2, 0.25) is 0 Å². The van der Waals surface area contributed by atoms with Crippen LogP contribution in [0.2, 0.25) is 0 Å². The fraction of sp³-hybridized carbons (Fsp3) is 0.0714. The molecule has 21 heavy (non-hydrogen) atoms. The molecule has 0 radical (unpaired) electrons. The van der Waals surface area contributed by atoms with Crippen LogP contribution < -0.4 is 0 Å². The molecular weight excluding hydrogens is 472 g/mol. The minimum atomic E-state index is -0.425. The fourth-order valence-electron chi connectivity index (χ4n) is 1.80. The first-order valence-corrected chi connectivity index (χ1v) is 8.05. The zero-order valence-electron chi connectivity index (χ0n) is 10.6. The molecule has 0 heterocycles. The molecule has 0 fully saturated rings. The number of benzene rings is 2. The topological polar surface area (TPSA) is 77.8 Å². The molecule has 2 aromatic rings. The maximum absolute atomic E-state index is 12.6. The summed E-state index contributed by atoms with van der Waals surface area (Å²) in [6, 6.07) is 4.03. The van der Waals surface area contributed by atoms with E-state index in [1.165, 1.54) is 6.07 Å². The van der Waals surface area contributed by atoms with Gasteiger partial charge in [-0.25, -0.2) is 0 Å². The predicted molar refractivity (Wildman–Crippen MR) is 89.1 cm³/mol. The SMILES string of the molecule is Cc1cc(Br)c(C(=O)c2cc(O)c(O)cc2Br)c(Br)c1O. The average molecular weight is 481 g/mol. The molecule has 0 aliphatic rings. The molecule has 0 spiro atoms. The van der Waals surface area contributed by atoms with Crippen LogP contribution in [-0.4, -0.2) is 21.1 Å². The third-order valence-corrected chi connectivity index (χ3v) is 4.97. The van der Waals surface area contributed by atoms with Crippen molar-refractivity contribution >= 4 is 53.6 Å². The summed E-state index contributed by atoms with van der Waals surface area (Å²) in [4.78, 5) is 12.6. The van der Waals surface area contributed by atoms with Crippen molar-refractivity contribution in [2.75, 3.05) is 0 Å². The van der Waals surface area contributed by atoms with Crippen LogP contribution in [0.1, 0.15) is 21.5 Å². The molecule has 0 bridgehead atoms. The number of ketones is 1. The molecule has 110 valence electrons. The first-order valence-electron chi connectivity index (χ1n) is 5.67. The summed E-state index contributed by atoms with van der Waals surface area (Å²) in [6.45, 7) is 1.71. The number of carbonyl (C=O) groups excluding carboxylic acids is 1. The normalized spacial score (nSPS) is 10.7. The van der Waals surface area contributed by atoms with Crippen LogP contribution >= 0.6 is 47.8 Å². The highest BCUT2D eigenvalue weighted by atomic mass is 79.9. The summed E-state index contributed by atoms with van der Waals surface area (Å²) < 4.78 is 1.11. The van der Waals surface area contributed by atoms with Gasteiger partial charge in [-0.05, 0) is 78.5 Å². The van der Waals surface area contributed by atoms with Gasteiger partial charge in [-0.3, -0.25) is 4.79 Å². The molecule has 7 heteroatoms. The van der Waals surface area contributed by atoms with Crippen LogP contribution in [0.5, 0.6) is 17.2 Å². The lowest BCUT2D eigenvalue weighted by molar-refractivity contribution is 0.103. The number of phenols is 3. The Morgan fingerprint density at radius 2 is 1.52 bits per heavy atom. The smallest absolute Gasteiger partial charge is 0.196 e. The van der Waals surface area contributed by atoms with Crippen LogP contribution in [0.25, 0.3) is 0 Å². The van der Waals surface area contributed by atoms with E-state index in [0.717, 1.165) is 6.07 Å². The van der Waals surface area contributed by atoms with E-state index in [9.17, 15) is 20.1 Å². The summed E-state index contributed by atoms with van der Waals surface area (Å²) in [5.41, 5.74) is 0.997. The summed E-state index contributed by atoms with van der Waals surface area (Å²) in [6.07, 6.45) is 0. The van der Waals surface area contributed by atoms with E-state index in [1.54, 1.807) is 13.0 Å². The van der Waals surface area contributed by atoms with E-state index in [2.05, 4.69) is 47.8 Å². The molecule has 0 aliphatic carbocycles. The summed E-state index contributed by atoms with van der Waals surface area (Å²) in [5, 5.41) is 28.9. The van der Waals surface area contributed by atoms with Crippen molar-refractivity contribution < 1.29 is 20.1 Å². The van der Waals surface area contributed by atoms with E-state index in [-0.39, 0.29) is 27.1 Å². The van der Waals surface area contributed by atoms with Crippen molar-refractivity contribution in [3.05, 3.63) is 48.3 Å². The average Bonchev–Trinajstić information content (AvgIpc) is 2.40. The summed E-state index contributed by atoms with van der Waals surface area (Å²) in [5.74, 6) is -1.18. The van der Waals surface area contributed by atoms with E-state index in [1.807, 2.05) is 0 Å². The quantitative estimate of drug-likeness (QED) is 0.432. The second-order valence-corrected chi connectivity index (χ2v) is 6.86. The Morgan fingerprint density at radius 1 is 0.952 bits per heavy atom. The van der Waals surface area contributed by atoms with Crippen molar-refractivity contribution in [2.45, 2.75) is 6.92 Å². The fourth-order valence-corrected chi connectivity index (χ4v) is 4.00. The van der Waals surface area contributed by atoms with Crippen molar-refractivity contribution in [2.24, 2.45) is 0 Å². The lowest BCUT2D eigenvalue weighted by atomic mass is 10.0. The van der Waals surface area contributed by atoms with Crippen LogP contribution in [0.3, 0.4) is 0 Å². The van der Waals surface area contributed by atoms with Gasteiger partial charge < -0.3 is 15.3 Å². The standard InChI is InChI=1S/C14H9Br3O4/c1-5-2-8(16)11(12(17)13(5)20)14(21)6-3-9(18)10(19)4-7(6)15/h2-4,18-20H,1H3. The van der Waals surface area contributed by atoms with Gasteiger partial charge in [-0.2, -0.15) is 0 Å². The molecule has 0 saturated heterocycles. The Labute approximate surface area is 145 Å². The molecule has 3 N–H and O–H groups in total. The van der Waals surface area contributed by atoms with E-state index >= 15 is 0 Å². The number of aromatic hydroxyl groups is 3. The van der Waals surface area contributed by atoms with Gasteiger partial charge in [-0.15, -0.1) is 0 Å². The highest BCUT2D eigenvalue weighted by Gasteiger charge is 2.23. The lowest BCUT2D eigenvalue weighted by Gasteiger charge is -2.12. The molecule has 2 rings (SSSR count). The second kappa shape index (κ2) is 5.98. The van der Waals surface area contributed by atoms with Gasteiger partial charge in [0.05, 0.1) is 10.0 Å². The minimum absolute atomic E-state index is 0.0272. The number of halogens is 3. The Bertz CT molecular complexity index is 757. The maximum Gasteiger partial charge on any atom is 0.196 e. The molecular formula is C14H9Br3O4. The van der Waals surface area contributed by atoms with Gasteiger partial charge in [0, 0.05) is 14.5 Å². The first-order chi connectivity index (χ1) is 9.73. The Kier molecular flexibility index (Phi) is 4.65. The van der Waals surface area contributed by atoms with Gasteiger partial charge in [-0.1, -0.05) is 0 Å². The van der Waals surface area contributed by atoms with Crippen molar-refractivity contribution in [3.63, 3.8) is 0 Å². The molecule has 2 aromatic carbocycles. The minimum Gasteiger partial charge on any atom is -0.506 e. The third-order valence-electron chi connectivity index (χ3n) is 2.92. The maximum atomic E-state index is 12.6. The molecule has 0 aliphatic heterocycles. The third kappa shape index (κ3) is 2.95. The summed E-state index contributed by atoms with van der Waals surface area (Å²) >= 11 is 9.68. The second-order valence-electron chi connectivity index (χ2n) is 4.36. The number of hydrogen-bond acceptors (Lipinski definition) is 4. The predicted octanol–water partition coefficient (Wildman–Crippen LogP) is 4.63. The Balaban J connectivity index is 2.66. The van der Waals surface area contributed by atoms with Crippen LogP contribution in [0.4, 0.5) is 0 Å². The largest absolute Gasteiger partial charge is 0.506 e. The number of aryl methyl sites for hydroxylation is 1. The first kappa shape index (κ1) is 16.3. The molecule has 0 aromatic heterocycles. The highest BCUT2D eigenvalue weighted by Crippen LogP contribution is 2.39. The van der Waals surface area contributed by atoms with Crippen molar-refractivity contribution in [1.82, 2.24) is 0 Å². The molecule has 0 unspecified atom stereocenters. The van der Waals surface area contributed by atoms with Crippen molar-refractivity contribution in [1.29, 1.82) is 0 Å². The Hall–Kier alpha value is -1.05. The number of phenolic OH excluding ortho intramolecular Hbond substituents is 3. The van der Waals surface area contributed by atoms with E-state index in [4.69, 9.17) is 0 Å². The Morgan fingerprint density at radius 3 is 2.14 bits per heavy atom. The number of hydrogen-bond donors (Lipinski definition) is 3. The van der Waals surface area contributed by atoms with Gasteiger partial charge in [0.15, 0.2) is 17.3 Å². The summed E-state index contributed by atoms with van der Waals surface area (Å²) in [7, 11) is 0. The van der Waals surface area contributed by atoms with Gasteiger partial charge >= 0.3 is 0 Å². The zero-order chi connectivity index (χ0) is 15.9. The van der Waals surface area contributed by atoms with Gasteiger partial charge in [0.1, 0.15) is 5.75 Å². The molecule has 0 atom stereocenters. The van der Waals surface area contributed by atoms with Gasteiger partial charge in [0.25, 0.3) is 0 Å². The molecule has 0 saturated carbocycles. The van der Waals surface area contributed by atoms with Crippen LogP contribution in [0, 0.1) is 6.92 Å². The van der Waals surface area contributed by atoms with Crippen molar-refractivity contribution in [3.8, 4) is 17.2 Å². The van der Waals surface area contributed by atoms with Crippen LogP contribution in [-0.2, 0) is 0 Å². The van der Waals surface area contributed by atoms with E-state index < -0.39 is 11.5 Å². The monoisotopic (exact) mass is 478 g/mol. The zero-order valence-corrected chi connectivity index (χ0v) is 15.4. The molecule has 4 nitrogen and oxygen atoms in total. The van der Waals surface area contributed by atoms with Crippen LogP contribution in [0.15, 0.2) is 31.6 Å². The number of carbonyl (C=O) groups is 1.